The predicted octanol–water partition coefficient (Wildman–Crippen LogP) is 3.45. The van der Waals surface area contributed by atoms with Gasteiger partial charge in [0.05, 0.1) is 23.9 Å². The number of nitrogens with zero attached hydrogens (tertiary/aromatic N) is 3. The van der Waals surface area contributed by atoms with Crippen molar-refractivity contribution in [3.8, 4) is 6.07 Å². The molecule has 0 amide bonds. The van der Waals surface area contributed by atoms with Crippen molar-refractivity contribution in [2.24, 2.45) is 0 Å². The van der Waals surface area contributed by atoms with Crippen LogP contribution in [-0.4, -0.2) is 21.2 Å². The number of halogens is 2. The summed E-state index contributed by atoms with van der Waals surface area (Å²) in [5.41, 5.74) is 4.04. The molecule has 0 aliphatic carbocycles. The molecule has 0 fully saturated rings. The van der Waals surface area contributed by atoms with Gasteiger partial charge in [-0.05, 0) is 41.8 Å². The average Bonchev–Trinajstić information content (AvgIpc) is 2.99. The number of hydrogen-bond donors (Lipinski definition) is 1. The highest BCUT2D eigenvalue weighted by Gasteiger charge is 2.23. The Hall–Kier alpha value is -2.88. The molecule has 0 atom stereocenters. The van der Waals surface area contributed by atoms with E-state index in [1.807, 2.05) is 18.2 Å². The second-order valence-electron chi connectivity index (χ2n) is 6.97. The standard InChI is InChI=1S/C21H18ClFN4O/c22-19-9-17(23)5-4-16(19)12-27-21(28)18-6-7-26(13-20(18)25-27)11-15-3-1-2-14(8-15)10-24/h1-5,8-9,25H,6-7,11-13H2. The second kappa shape index (κ2) is 7.63. The minimum absolute atomic E-state index is 0.0541. The summed E-state index contributed by atoms with van der Waals surface area (Å²) < 4.78 is 14.8. The number of nitriles is 1. The normalized spacial score (nSPS) is 13.9. The Morgan fingerprint density at radius 3 is 2.86 bits per heavy atom. The van der Waals surface area contributed by atoms with E-state index in [1.54, 1.807) is 12.1 Å². The SMILES string of the molecule is N#Cc1cccc(CN2CCc3c([nH]n(Cc4ccc(F)cc4Cl)c3=O)C2)c1. The van der Waals surface area contributed by atoms with Gasteiger partial charge in [-0.3, -0.25) is 14.8 Å². The summed E-state index contributed by atoms with van der Waals surface area (Å²) >= 11 is 6.10. The maximum atomic E-state index is 13.2. The lowest BCUT2D eigenvalue weighted by Gasteiger charge is -2.26. The Morgan fingerprint density at radius 2 is 2.07 bits per heavy atom. The fourth-order valence-corrected chi connectivity index (χ4v) is 3.83. The Morgan fingerprint density at radius 1 is 1.21 bits per heavy atom. The van der Waals surface area contributed by atoms with Crippen LogP contribution in [0.3, 0.4) is 0 Å². The number of aromatic amines is 1. The predicted molar refractivity (Wildman–Crippen MR) is 105 cm³/mol. The number of nitrogens with one attached hydrogen (secondary N) is 1. The quantitative estimate of drug-likeness (QED) is 0.734. The van der Waals surface area contributed by atoms with Gasteiger partial charge in [-0.25, -0.2) is 9.07 Å². The topological polar surface area (TPSA) is 64.8 Å². The van der Waals surface area contributed by atoms with E-state index in [0.29, 0.717) is 35.7 Å². The summed E-state index contributed by atoms with van der Waals surface area (Å²) in [6.07, 6.45) is 0.659. The lowest BCUT2D eigenvalue weighted by Crippen LogP contribution is -2.31. The Bertz CT molecular complexity index is 1130. The lowest BCUT2D eigenvalue weighted by molar-refractivity contribution is 0.242. The van der Waals surface area contributed by atoms with Gasteiger partial charge < -0.3 is 0 Å². The van der Waals surface area contributed by atoms with E-state index in [1.165, 1.54) is 16.8 Å². The van der Waals surface area contributed by atoms with Crippen LogP contribution >= 0.6 is 11.6 Å². The maximum absolute atomic E-state index is 13.2. The van der Waals surface area contributed by atoms with Gasteiger partial charge in [-0.2, -0.15) is 5.26 Å². The van der Waals surface area contributed by atoms with Gasteiger partial charge in [0.15, 0.2) is 0 Å². The summed E-state index contributed by atoms with van der Waals surface area (Å²) in [4.78, 5) is 14.9. The first-order chi connectivity index (χ1) is 13.5. The highest BCUT2D eigenvalue weighted by Crippen LogP contribution is 2.20. The zero-order valence-electron chi connectivity index (χ0n) is 15.1. The highest BCUT2D eigenvalue weighted by molar-refractivity contribution is 6.31. The van der Waals surface area contributed by atoms with Crippen molar-refractivity contribution in [2.45, 2.75) is 26.1 Å². The van der Waals surface area contributed by atoms with Crippen molar-refractivity contribution in [2.75, 3.05) is 6.54 Å². The molecule has 0 saturated carbocycles. The molecule has 0 bridgehead atoms. The number of fused-ring (bicyclic) bond motifs is 1. The molecule has 3 aromatic rings. The summed E-state index contributed by atoms with van der Waals surface area (Å²) in [6.45, 7) is 2.39. The third-order valence-electron chi connectivity index (χ3n) is 5.00. The molecular weight excluding hydrogens is 379 g/mol. The number of benzene rings is 2. The molecular formula is C21H18ClFN4O. The molecule has 1 aliphatic heterocycles. The van der Waals surface area contributed by atoms with Gasteiger partial charge >= 0.3 is 0 Å². The molecule has 7 heteroatoms. The van der Waals surface area contributed by atoms with Gasteiger partial charge in [0, 0.05) is 30.2 Å². The van der Waals surface area contributed by atoms with Gasteiger partial charge in [-0.15, -0.1) is 0 Å². The first-order valence-electron chi connectivity index (χ1n) is 8.99. The molecule has 1 aromatic heterocycles. The van der Waals surface area contributed by atoms with E-state index in [-0.39, 0.29) is 12.1 Å². The van der Waals surface area contributed by atoms with Crippen LogP contribution in [0, 0.1) is 17.1 Å². The molecule has 1 N–H and O–H groups in total. The molecule has 28 heavy (non-hydrogen) atoms. The largest absolute Gasteiger partial charge is 0.298 e. The third-order valence-corrected chi connectivity index (χ3v) is 5.35. The van der Waals surface area contributed by atoms with Crippen molar-refractivity contribution in [3.05, 3.63) is 91.6 Å². The molecule has 0 spiro atoms. The molecule has 5 nitrogen and oxygen atoms in total. The van der Waals surface area contributed by atoms with Crippen LogP contribution in [0.15, 0.2) is 47.3 Å². The molecule has 2 heterocycles. The fraction of sp³-hybridized carbons (Fsp3) is 0.238. The van der Waals surface area contributed by atoms with E-state index < -0.39 is 5.82 Å². The van der Waals surface area contributed by atoms with Gasteiger partial charge in [-0.1, -0.05) is 29.8 Å². The van der Waals surface area contributed by atoms with E-state index in [2.05, 4.69) is 16.1 Å². The minimum Gasteiger partial charge on any atom is -0.298 e. The lowest BCUT2D eigenvalue weighted by atomic mass is 10.1. The average molecular weight is 397 g/mol. The van der Waals surface area contributed by atoms with Crippen molar-refractivity contribution < 1.29 is 4.39 Å². The molecule has 1 aliphatic rings. The van der Waals surface area contributed by atoms with E-state index in [9.17, 15) is 9.18 Å². The van der Waals surface area contributed by atoms with Crippen molar-refractivity contribution in [3.63, 3.8) is 0 Å². The smallest absolute Gasteiger partial charge is 0.270 e. The molecule has 0 radical (unpaired) electrons. The molecule has 142 valence electrons. The van der Waals surface area contributed by atoms with Crippen molar-refractivity contribution in [1.29, 1.82) is 5.26 Å². The first kappa shape index (κ1) is 18.5. The van der Waals surface area contributed by atoms with Crippen molar-refractivity contribution >= 4 is 11.6 Å². The zero-order valence-corrected chi connectivity index (χ0v) is 15.8. The van der Waals surface area contributed by atoms with Crippen LogP contribution in [0.4, 0.5) is 4.39 Å². The van der Waals surface area contributed by atoms with Crippen LogP contribution < -0.4 is 5.56 Å². The zero-order chi connectivity index (χ0) is 19.7. The Kier molecular flexibility index (Phi) is 5.03. The van der Waals surface area contributed by atoms with Gasteiger partial charge in [0.1, 0.15) is 5.82 Å². The highest BCUT2D eigenvalue weighted by atomic mass is 35.5. The first-order valence-corrected chi connectivity index (χ1v) is 9.37. The van der Waals surface area contributed by atoms with Gasteiger partial charge in [0.2, 0.25) is 0 Å². The number of hydrogen-bond acceptors (Lipinski definition) is 3. The second-order valence-corrected chi connectivity index (χ2v) is 7.38. The number of rotatable bonds is 4. The summed E-state index contributed by atoms with van der Waals surface area (Å²) in [5, 5.41) is 12.5. The minimum atomic E-state index is -0.400. The maximum Gasteiger partial charge on any atom is 0.270 e. The molecule has 0 saturated heterocycles. The Balaban J connectivity index is 1.52. The molecule has 2 aromatic carbocycles. The summed E-state index contributed by atoms with van der Waals surface area (Å²) in [6, 6.07) is 13.9. The van der Waals surface area contributed by atoms with Crippen LogP contribution in [-0.2, 0) is 26.1 Å². The van der Waals surface area contributed by atoms with Crippen LogP contribution in [0.5, 0.6) is 0 Å². The summed E-state index contributed by atoms with van der Waals surface area (Å²) in [7, 11) is 0. The van der Waals surface area contributed by atoms with Crippen LogP contribution in [0.25, 0.3) is 0 Å². The Labute approximate surface area is 166 Å². The fourth-order valence-electron chi connectivity index (χ4n) is 3.60. The molecule has 0 unspecified atom stereocenters. The van der Waals surface area contributed by atoms with E-state index in [0.717, 1.165) is 23.4 Å². The van der Waals surface area contributed by atoms with Crippen LogP contribution in [0.1, 0.15) is 27.9 Å². The van der Waals surface area contributed by atoms with E-state index >= 15 is 0 Å². The number of aromatic nitrogens is 2. The van der Waals surface area contributed by atoms with Gasteiger partial charge in [0.25, 0.3) is 5.56 Å². The van der Waals surface area contributed by atoms with Crippen LogP contribution in [0.2, 0.25) is 5.02 Å². The van der Waals surface area contributed by atoms with E-state index in [4.69, 9.17) is 16.9 Å². The third kappa shape index (κ3) is 3.72. The van der Waals surface area contributed by atoms with Crippen molar-refractivity contribution in [1.82, 2.24) is 14.7 Å². The number of H-pyrrole nitrogens is 1. The molecule has 4 rings (SSSR count). The summed E-state index contributed by atoms with van der Waals surface area (Å²) in [5.74, 6) is -0.400. The monoisotopic (exact) mass is 396 g/mol.